The lowest BCUT2D eigenvalue weighted by Crippen LogP contribution is -2.66. The predicted molar refractivity (Wildman–Crippen MR) is 272 cm³/mol. The van der Waals surface area contributed by atoms with Crippen LogP contribution in [0.3, 0.4) is 0 Å². The van der Waals surface area contributed by atoms with Crippen LogP contribution in [0.15, 0.2) is 11.6 Å². The number of carboxylic acids is 1. The van der Waals surface area contributed by atoms with Crippen molar-refractivity contribution < 1.29 is 124 Å². The van der Waals surface area contributed by atoms with E-state index in [2.05, 4.69) is 33.8 Å². The van der Waals surface area contributed by atoms with E-state index in [9.17, 15) is 76.0 Å². The Bertz CT molecular complexity index is 2130. The standard InChI is InChI=1S/C55H90O25/c1-23(2)9-8-14-55(7,80-50-46(71)42(67)40(65)31(77-50)22-73-48-44(69)38(63)29(20-57)74-48)25-12-15-54(6)24-10-11-32-52(3,4)33(13-16-53(32,5)26(24)17-27(58)36(25)54)78-51-47(43(68)37(62)28(19-56)75-51)79-49-45(70)41(66)39(64)30(76-49)21-72-35(61)18-34(59)60/h9,24-33,36-51,56-58,62-71H,8,10-22H2,1-7H3,(H,59,60)/t24?,25?,26?,27?,28-,29-,30-,31-,32?,33?,36?,37-,38-,39-,40-,41+,42+,43+,44+,45-,46-,47?,48-,49+,50+,51+,53?,54+,55?/m1/s1. The summed E-state index contributed by atoms with van der Waals surface area (Å²) in [5.41, 5.74) is -1.27. The SMILES string of the molecule is CC(C)=CCCC(C)(O[C@@H]1O[C@H](CO[C@@H]2O[C@H](CO)[C@@H](O)[C@@H]2O)[C@@H](O)[C@H](O)[C@H]1O)C1CC[C@@]2(C)C3CCC4C(C)(C)C(O[C@@H]5O[C@H](CO)[C@@H](O)[C@H](O)C5O[C@@H]5O[C@H](COC(=O)CC(=O)O)[C@@H](O)[C@H](O)[C@H]5O)CCC4(C)C3CC(O)C12. The van der Waals surface area contributed by atoms with E-state index in [1.54, 1.807) is 0 Å². The number of allylic oxidation sites excluding steroid dienone is 2. The first-order valence-corrected chi connectivity index (χ1v) is 28.5. The van der Waals surface area contributed by atoms with Crippen molar-refractivity contribution in [3.05, 3.63) is 11.6 Å². The molecule has 8 fully saturated rings. The molecule has 4 aliphatic carbocycles. The zero-order valence-electron chi connectivity index (χ0n) is 46.7. The number of fused-ring (bicyclic) bond motifs is 5. The summed E-state index contributed by atoms with van der Waals surface area (Å²) < 4.78 is 53.9. The largest absolute Gasteiger partial charge is 0.481 e. The minimum atomic E-state index is -1.94. The third kappa shape index (κ3) is 12.2. The van der Waals surface area contributed by atoms with Crippen molar-refractivity contribution in [1.82, 2.24) is 0 Å². The Hall–Kier alpha value is -2.16. The maximum atomic E-state index is 12.7. The fourth-order valence-corrected chi connectivity index (χ4v) is 15.9. The molecule has 14 N–H and O–H groups in total. The van der Waals surface area contributed by atoms with E-state index in [0.29, 0.717) is 38.5 Å². The van der Waals surface area contributed by atoms with Crippen molar-refractivity contribution in [3.63, 3.8) is 0 Å². The fraction of sp³-hybridized carbons (Fsp3) is 0.927. The number of esters is 1. The molecule has 0 radical (unpaired) electrons. The average Bonchev–Trinajstić information content (AvgIpc) is 3.64. The van der Waals surface area contributed by atoms with Crippen LogP contribution in [-0.4, -0.2) is 244 Å². The van der Waals surface area contributed by atoms with Gasteiger partial charge in [-0.15, -0.1) is 0 Å². The van der Waals surface area contributed by atoms with E-state index < -0.39 is 185 Å². The zero-order valence-corrected chi connectivity index (χ0v) is 46.7. The van der Waals surface area contributed by atoms with Crippen molar-refractivity contribution >= 4 is 11.9 Å². The fourth-order valence-electron chi connectivity index (χ4n) is 15.9. The van der Waals surface area contributed by atoms with E-state index in [1.807, 2.05) is 20.8 Å². The Morgan fingerprint density at radius 3 is 1.79 bits per heavy atom. The second-order valence-corrected chi connectivity index (χ2v) is 25.7. The summed E-state index contributed by atoms with van der Waals surface area (Å²) in [6.07, 6.45) is -24.8. The number of carboxylic acid groups (broad SMARTS) is 1. The first-order chi connectivity index (χ1) is 37.5. The van der Waals surface area contributed by atoms with Crippen LogP contribution in [0.25, 0.3) is 0 Å². The molecule has 10 unspecified atom stereocenters. The normalized spacial score (nSPS) is 49.0. The molecule has 8 aliphatic rings. The number of aliphatic hydroxyl groups excluding tert-OH is 13. The van der Waals surface area contributed by atoms with Crippen LogP contribution in [0.1, 0.15) is 113 Å². The highest BCUT2D eigenvalue weighted by Gasteiger charge is 2.68. The number of aliphatic hydroxyl groups is 13. The lowest BCUT2D eigenvalue weighted by atomic mass is 9.39. The molecule has 0 aromatic heterocycles. The van der Waals surface area contributed by atoms with Crippen LogP contribution < -0.4 is 0 Å². The quantitative estimate of drug-likeness (QED) is 0.0290. The lowest BCUT2D eigenvalue weighted by molar-refractivity contribution is -0.378. The molecule has 80 heavy (non-hydrogen) atoms. The van der Waals surface area contributed by atoms with Gasteiger partial charge in [0.05, 0.1) is 37.6 Å². The van der Waals surface area contributed by atoms with Crippen molar-refractivity contribution in [1.29, 1.82) is 0 Å². The number of aliphatic carboxylic acids is 1. The smallest absolute Gasteiger partial charge is 0.317 e. The molecule has 0 bridgehead atoms. The Balaban J connectivity index is 0.981. The molecule has 25 heteroatoms. The molecular formula is C55H90O25. The zero-order chi connectivity index (χ0) is 58.7. The maximum absolute atomic E-state index is 12.7. The van der Waals surface area contributed by atoms with Crippen LogP contribution in [0, 0.1) is 45.8 Å². The van der Waals surface area contributed by atoms with Crippen LogP contribution in [-0.2, 0) is 52.2 Å². The van der Waals surface area contributed by atoms with Crippen molar-refractivity contribution in [2.75, 3.05) is 26.4 Å². The summed E-state index contributed by atoms with van der Waals surface area (Å²) in [5, 5.41) is 151. The number of rotatable bonds is 19. The van der Waals surface area contributed by atoms with Gasteiger partial charge in [0.25, 0.3) is 0 Å². The Morgan fingerprint density at radius 2 is 1.16 bits per heavy atom. The molecule has 0 spiro atoms. The highest BCUT2D eigenvalue weighted by atomic mass is 16.8. The molecule has 29 atom stereocenters. The van der Waals surface area contributed by atoms with E-state index in [1.165, 1.54) is 0 Å². The van der Waals surface area contributed by atoms with E-state index in [0.717, 1.165) is 24.8 Å². The first kappa shape index (κ1) is 63.9. The lowest BCUT2D eigenvalue weighted by Gasteiger charge is -2.66. The average molecular weight is 1150 g/mol. The molecule has 0 aromatic carbocycles. The third-order valence-corrected chi connectivity index (χ3v) is 20.3. The minimum absolute atomic E-state index is 0.0161. The molecule has 0 aromatic rings. The van der Waals surface area contributed by atoms with Gasteiger partial charge >= 0.3 is 11.9 Å². The van der Waals surface area contributed by atoms with Crippen LogP contribution in [0.5, 0.6) is 0 Å². The number of ether oxygens (including phenoxy) is 9. The van der Waals surface area contributed by atoms with Gasteiger partial charge in [-0.3, -0.25) is 9.59 Å². The molecule has 4 saturated carbocycles. The van der Waals surface area contributed by atoms with Gasteiger partial charge in [-0.05, 0) is 124 Å². The van der Waals surface area contributed by atoms with Crippen molar-refractivity contribution in [2.45, 2.75) is 247 Å². The topological polar surface area (TPSA) is 400 Å². The molecule has 0 amide bonds. The van der Waals surface area contributed by atoms with Gasteiger partial charge in [-0.25, -0.2) is 0 Å². The summed E-state index contributed by atoms with van der Waals surface area (Å²) in [5.74, 6) is -2.88. The first-order valence-electron chi connectivity index (χ1n) is 28.5. The summed E-state index contributed by atoms with van der Waals surface area (Å²) in [6, 6.07) is 0. The minimum Gasteiger partial charge on any atom is -0.481 e. The van der Waals surface area contributed by atoms with Gasteiger partial charge in [-0.1, -0.05) is 39.3 Å². The van der Waals surface area contributed by atoms with Gasteiger partial charge in [0.1, 0.15) is 105 Å². The Kier molecular flexibility index (Phi) is 20.0. The summed E-state index contributed by atoms with van der Waals surface area (Å²) in [6.45, 7) is 12.2. The highest BCUT2D eigenvalue weighted by molar-refractivity contribution is 5.90. The second kappa shape index (κ2) is 25.0. The van der Waals surface area contributed by atoms with Crippen LogP contribution in [0.4, 0.5) is 0 Å². The summed E-state index contributed by atoms with van der Waals surface area (Å²) in [7, 11) is 0. The molecular weight excluding hydrogens is 1060 g/mol. The molecule has 25 nitrogen and oxygen atoms in total. The number of hydrogen-bond acceptors (Lipinski definition) is 24. The molecule has 4 saturated heterocycles. The van der Waals surface area contributed by atoms with E-state index in [4.69, 9.17) is 47.7 Å². The van der Waals surface area contributed by atoms with Gasteiger partial charge in [0, 0.05) is 0 Å². The van der Waals surface area contributed by atoms with Crippen LogP contribution in [0.2, 0.25) is 0 Å². The summed E-state index contributed by atoms with van der Waals surface area (Å²) >= 11 is 0. The maximum Gasteiger partial charge on any atom is 0.317 e. The monoisotopic (exact) mass is 1150 g/mol. The van der Waals surface area contributed by atoms with Gasteiger partial charge in [-0.2, -0.15) is 0 Å². The highest BCUT2D eigenvalue weighted by Crippen LogP contribution is 2.71. The van der Waals surface area contributed by atoms with Gasteiger partial charge in [0.2, 0.25) is 0 Å². The van der Waals surface area contributed by atoms with Gasteiger partial charge in [0.15, 0.2) is 25.2 Å². The van der Waals surface area contributed by atoms with E-state index in [-0.39, 0.29) is 40.4 Å². The summed E-state index contributed by atoms with van der Waals surface area (Å²) in [4.78, 5) is 23.0. The predicted octanol–water partition coefficient (Wildman–Crippen LogP) is -1.93. The molecule has 460 valence electrons. The molecule has 4 heterocycles. The van der Waals surface area contributed by atoms with Crippen molar-refractivity contribution in [2.24, 2.45) is 45.8 Å². The Morgan fingerprint density at radius 1 is 0.613 bits per heavy atom. The molecule has 8 rings (SSSR count). The third-order valence-electron chi connectivity index (χ3n) is 20.3. The van der Waals surface area contributed by atoms with Crippen LogP contribution >= 0.6 is 0 Å². The van der Waals surface area contributed by atoms with E-state index >= 15 is 0 Å². The number of hydrogen-bond donors (Lipinski definition) is 14. The molecule has 4 aliphatic heterocycles. The number of carbonyl (C=O) groups excluding carboxylic acids is 1. The van der Waals surface area contributed by atoms with Crippen molar-refractivity contribution in [3.8, 4) is 0 Å². The Labute approximate surface area is 465 Å². The number of carbonyl (C=O) groups is 2. The second-order valence-electron chi connectivity index (χ2n) is 25.7. The van der Waals surface area contributed by atoms with Gasteiger partial charge < -0.3 is 114 Å².